The number of hydrogen-bond donors (Lipinski definition) is 1. The van der Waals surface area contributed by atoms with Gasteiger partial charge in [-0.3, -0.25) is 0 Å². The van der Waals surface area contributed by atoms with Crippen molar-refractivity contribution in [1.82, 2.24) is 14.5 Å². The molecule has 4 heteroatoms. The number of nitrogens with zero attached hydrogens (tertiary/aromatic N) is 3. The lowest BCUT2D eigenvalue weighted by Gasteiger charge is -2.20. The zero-order valence-electron chi connectivity index (χ0n) is 13.8. The van der Waals surface area contributed by atoms with E-state index < -0.39 is 0 Å². The van der Waals surface area contributed by atoms with E-state index in [0.717, 1.165) is 24.6 Å². The molecule has 0 radical (unpaired) electrons. The number of benzene rings is 1. The summed E-state index contributed by atoms with van der Waals surface area (Å²) in [6.07, 6.45) is 2.39. The number of nitrogens with one attached hydrogen (secondary N) is 1. The molecular formula is C17H28N4. The van der Waals surface area contributed by atoms with Crippen molar-refractivity contribution in [2.45, 2.75) is 39.7 Å². The highest BCUT2D eigenvalue weighted by Gasteiger charge is 2.10. The first-order valence-corrected chi connectivity index (χ1v) is 8.06. The van der Waals surface area contributed by atoms with Crippen molar-refractivity contribution in [3.63, 3.8) is 0 Å². The van der Waals surface area contributed by atoms with Gasteiger partial charge in [0.25, 0.3) is 0 Å². The Kier molecular flexibility index (Phi) is 5.62. The highest BCUT2D eigenvalue weighted by atomic mass is 15.2. The van der Waals surface area contributed by atoms with Gasteiger partial charge in [0.2, 0.25) is 5.95 Å². The van der Waals surface area contributed by atoms with Crippen molar-refractivity contribution in [2.24, 2.45) is 7.05 Å². The minimum absolute atomic E-state index is 0.441. The van der Waals surface area contributed by atoms with Gasteiger partial charge in [-0.25, -0.2) is 4.98 Å². The maximum Gasteiger partial charge on any atom is 0.203 e. The van der Waals surface area contributed by atoms with E-state index in [0.29, 0.717) is 6.04 Å². The van der Waals surface area contributed by atoms with Gasteiger partial charge < -0.3 is 14.8 Å². The molecule has 1 aromatic heterocycles. The van der Waals surface area contributed by atoms with Crippen LogP contribution in [0.1, 0.15) is 33.6 Å². The number of rotatable bonds is 8. The van der Waals surface area contributed by atoms with Crippen molar-refractivity contribution < 1.29 is 0 Å². The Morgan fingerprint density at radius 1 is 1.24 bits per heavy atom. The molecule has 0 aliphatic heterocycles. The molecule has 1 heterocycles. The van der Waals surface area contributed by atoms with Crippen molar-refractivity contribution in [3.8, 4) is 0 Å². The van der Waals surface area contributed by atoms with Crippen molar-refractivity contribution in [2.75, 3.05) is 25.0 Å². The quantitative estimate of drug-likeness (QED) is 0.807. The summed E-state index contributed by atoms with van der Waals surface area (Å²) in [5.41, 5.74) is 2.23. The van der Waals surface area contributed by atoms with Gasteiger partial charge in [0, 0.05) is 13.1 Å². The van der Waals surface area contributed by atoms with E-state index in [1.807, 2.05) is 6.07 Å². The second-order valence-electron chi connectivity index (χ2n) is 5.70. The smallest absolute Gasteiger partial charge is 0.203 e. The van der Waals surface area contributed by atoms with E-state index in [4.69, 9.17) is 0 Å². The van der Waals surface area contributed by atoms with E-state index in [-0.39, 0.29) is 0 Å². The molecule has 0 saturated heterocycles. The Bertz CT molecular complexity index is 557. The number of imidazole rings is 1. The molecular weight excluding hydrogens is 260 g/mol. The fourth-order valence-corrected chi connectivity index (χ4v) is 2.73. The van der Waals surface area contributed by atoms with Crippen LogP contribution in [0.3, 0.4) is 0 Å². The molecule has 0 bridgehead atoms. The molecule has 116 valence electrons. The summed E-state index contributed by atoms with van der Waals surface area (Å²) in [6.45, 7) is 10.2. The molecule has 2 aromatic rings. The summed E-state index contributed by atoms with van der Waals surface area (Å²) < 4.78 is 2.14. The zero-order chi connectivity index (χ0) is 15.2. The Morgan fingerprint density at radius 2 is 1.95 bits per heavy atom. The fourth-order valence-electron chi connectivity index (χ4n) is 2.73. The van der Waals surface area contributed by atoms with E-state index in [1.54, 1.807) is 0 Å². The molecule has 0 amide bonds. The Balaban J connectivity index is 1.89. The van der Waals surface area contributed by atoms with Gasteiger partial charge in [0.05, 0.1) is 11.0 Å². The minimum atomic E-state index is 0.441. The molecule has 0 unspecified atom stereocenters. The van der Waals surface area contributed by atoms with Crippen LogP contribution in [0.5, 0.6) is 0 Å². The van der Waals surface area contributed by atoms with Gasteiger partial charge >= 0.3 is 0 Å². The van der Waals surface area contributed by atoms with Crippen molar-refractivity contribution in [3.05, 3.63) is 24.3 Å². The third-order valence-corrected chi connectivity index (χ3v) is 4.17. The molecule has 1 atom stereocenters. The van der Waals surface area contributed by atoms with Crippen LogP contribution in [0.2, 0.25) is 0 Å². The third-order valence-electron chi connectivity index (χ3n) is 4.17. The highest BCUT2D eigenvalue weighted by Crippen LogP contribution is 2.18. The van der Waals surface area contributed by atoms with Crippen LogP contribution in [0.25, 0.3) is 11.0 Å². The number of hydrogen-bond acceptors (Lipinski definition) is 3. The molecule has 0 aliphatic carbocycles. The van der Waals surface area contributed by atoms with E-state index in [9.17, 15) is 0 Å². The Morgan fingerprint density at radius 3 is 2.62 bits per heavy atom. The number of anilines is 1. The number of fused-ring (bicyclic) bond motifs is 1. The van der Waals surface area contributed by atoms with Gasteiger partial charge in [-0.05, 0) is 51.5 Å². The second-order valence-corrected chi connectivity index (χ2v) is 5.70. The lowest BCUT2D eigenvalue weighted by molar-refractivity contribution is 0.295. The van der Waals surface area contributed by atoms with Crippen LogP contribution in [0.4, 0.5) is 5.95 Å². The average molecular weight is 288 g/mol. The predicted octanol–water partition coefficient (Wildman–Crippen LogP) is 3.50. The molecule has 0 fully saturated rings. The van der Waals surface area contributed by atoms with Crippen LogP contribution < -0.4 is 5.32 Å². The summed E-state index contributed by atoms with van der Waals surface area (Å²) >= 11 is 0. The van der Waals surface area contributed by atoms with Crippen LogP contribution >= 0.6 is 0 Å². The Hall–Kier alpha value is -1.55. The van der Waals surface area contributed by atoms with Gasteiger partial charge in [0.1, 0.15) is 0 Å². The lowest BCUT2D eigenvalue weighted by atomic mass is 10.2. The first-order chi connectivity index (χ1) is 10.2. The van der Waals surface area contributed by atoms with Crippen LogP contribution in [-0.2, 0) is 7.05 Å². The third kappa shape index (κ3) is 3.97. The fraction of sp³-hybridized carbons (Fsp3) is 0.588. The van der Waals surface area contributed by atoms with E-state index in [2.05, 4.69) is 65.8 Å². The molecule has 0 aliphatic rings. The maximum absolute atomic E-state index is 4.67. The summed E-state index contributed by atoms with van der Waals surface area (Å²) in [4.78, 5) is 7.14. The first kappa shape index (κ1) is 15.8. The van der Waals surface area contributed by atoms with Crippen molar-refractivity contribution in [1.29, 1.82) is 0 Å². The monoisotopic (exact) mass is 288 g/mol. The molecule has 1 N–H and O–H groups in total. The first-order valence-electron chi connectivity index (χ1n) is 8.06. The van der Waals surface area contributed by atoms with Gasteiger partial charge in [-0.1, -0.05) is 26.0 Å². The molecule has 0 saturated carbocycles. The topological polar surface area (TPSA) is 33.1 Å². The Labute approximate surface area is 128 Å². The lowest BCUT2D eigenvalue weighted by Crippen LogP contribution is -2.26. The van der Waals surface area contributed by atoms with Gasteiger partial charge in [-0.2, -0.15) is 0 Å². The van der Waals surface area contributed by atoms with Crippen LogP contribution in [0.15, 0.2) is 24.3 Å². The molecule has 2 rings (SSSR count). The van der Waals surface area contributed by atoms with Crippen LogP contribution in [0, 0.1) is 0 Å². The normalized spacial score (nSPS) is 13.0. The average Bonchev–Trinajstić information content (AvgIpc) is 2.80. The summed E-state index contributed by atoms with van der Waals surface area (Å²) in [5, 5.41) is 3.54. The summed E-state index contributed by atoms with van der Waals surface area (Å²) in [6, 6.07) is 8.70. The van der Waals surface area contributed by atoms with Crippen molar-refractivity contribution >= 4 is 17.0 Å². The van der Waals surface area contributed by atoms with Gasteiger partial charge in [0.15, 0.2) is 0 Å². The molecule has 21 heavy (non-hydrogen) atoms. The predicted molar refractivity (Wildman–Crippen MR) is 90.8 cm³/mol. The SMILES string of the molecule is CCN(CC)CCC[C@H](C)Nc1nc2ccccc2n1C. The van der Waals surface area contributed by atoms with Gasteiger partial charge in [-0.15, -0.1) is 0 Å². The number of aryl methyl sites for hydroxylation is 1. The number of para-hydroxylation sites is 2. The molecule has 1 aromatic carbocycles. The summed E-state index contributed by atoms with van der Waals surface area (Å²) in [5.74, 6) is 0.964. The minimum Gasteiger partial charge on any atom is -0.353 e. The van der Waals surface area contributed by atoms with E-state index >= 15 is 0 Å². The zero-order valence-corrected chi connectivity index (χ0v) is 13.8. The van der Waals surface area contributed by atoms with Crippen LogP contribution in [-0.4, -0.2) is 40.1 Å². The number of aromatic nitrogens is 2. The molecule has 0 spiro atoms. The second kappa shape index (κ2) is 7.46. The van der Waals surface area contributed by atoms with E-state index in [1.165, 1.54) is 24.9 Å². The largest absolute Gasteiger partial charge is 0.353 e. The standard InChI is InChI=1S/C17H28N4/c1-5-21(6-2)13-9-10-14(3)18-17-19-15-11-7-8-12-16(15)20(17)4/h7-8,11-12,14H,5-6,9-10,13H2,1-4H3,(H,18,19)/t14-/m0/s1. The molecule has 4 nitrogen and oxygen atoms in total. The maximum atomic E-state index is 4.67. The highest BCUT2D eigenvalue weighted by molar-refractivity contribution is 5.78. The summed E-state index contributed by atoms with van der Waals surface area (Å²) in [7, 11) is 2.07.